The van der Waals surface area contributed by atoms with Crippen molar-refractivity contribution in [2.75, 3.05) is 27.3 Å². The minimum absolute atomic E-state index is 0.124. The number of aryl methyl sites for hydroxylation is 1. The average molecular weight is 429 g/mol. The van der Waals surface area contributed by atoms with Crippen LogP contribution in [0.4, 0.5) is 0 Å². The summed E-state index contributed by atoms with van der Waals surface area (Å²) in [6.45, 7) is 3.59. The highest BCUT2D eigenvalue weighted by Gasteiger charge is 2.38. The van der Waals surface area contributed by atoms with E-state index in [2.05, 4.69) is 14.5 Å². The summed E-state index contributed by atoms with van der Waals surface area (Å²) in [6.07, 6.45) is 5.32. The van der Waals surface area contributed by atoms with Crippen LogP contribution in [0.1, 0.15) is 5.69 Å². The molecule has 3 heterocycles. The third-order valence-corrected chi connectivity index (χ3v) is 7.20. The minimum Gasteiger partial charge on any atom is -0.497 e. The maximum Gasteiger partial charge on any atom is 0.246 e. The van der Waals surface area contributed by atoms with E-state index in [1.807, 2.05) is 25.3 Å². The predicted molar refractivity (Wildman–Crippen MR) is 112 cm³/mol. The Morgan fingerprint density at radius 3 is 2.50 bits per heavy atom. The zero-order chi connectivity index (χ0) is 21.3. The average Bonchev–Trinajstić information content (AvgIpc) is 3.10. The van der Waals surface area contributed by atoms with Gasteiger partial charge in [-0.15, -0.1) is 0 Å². The summed E-state index contributed by atoms with van der Waals surface area (Å²) in [5.74, 6) is 1.85. The van der Waals surface area contributed by atoms with Crippen LogP contribution in [-0.4, -0.2) is 54.6 Å². The van der Waals surface area contributed by atoms with Gasteiger partial charge in [0.15, 0.2) is 0 Å². The fourth-order valence-corrected chi connectivity index (χ4v) is 5.40. The van der Waals surface area contributed by atoms with E-state index in [1.54, 1.807) is 24.5 Å². The molecule has 1 saturated heterocycles. The molecule has 1 aliphatic rings. The molecule has 8 nitrogen and oxygen atoms in total. The second kappa shape index (κ2) is 8.08. The molecule has 158 valence electrons. The molecule has 0 spiro atoms. The molecule has 30 heavy (non-hydrogen) atoms. The van der Waals surface area contributed by atoms with E-state index < -0.39 is 10.0 Å². The second-order valence-electron chi connectivity index (χ2n) is 7.27. The van der Waals surface area contributed by atoms with Gasteiger partial charge in [0.2, 0.25) is 10.0 Å². The summed E-state index contributed by atoms with van der Waals surface area (Å²) < 4.78 is 40.3. The van der Waals surface area contributed by atoms with Crippen LogP contribution in [0.25, 0.3) is 11.4 Å². The number of benzene rings is 1. The van der Waals surface area contributed by atoms with Gasteiger partial charge in [-0.25, -0.2) is 13.4 Å². The molecule has 1 aliphatic heterocycles. The maximum absolute atomic E-state index is 13.1. The van der Waals surface area contributed by atoms with E-state index in [9.17, 15) is 8.42 Å². The smallest absolute Gasteiger partial charge is 0.246 e. The molecule has 0 amide bonds. The lowest BCUT2D eigenvalue weighted by Crippen LogP contribution is -2.51. The number of hydrogen-bond acceptors (Lipinski definition) is 6. The molecule has 0 N–H and O–H groups in total. The van der Waals surface area contributed by atoms with E-state index in [1.165, 1.54) is 24.6 Å². The molecule has 3 aromatic rings. The summed E-state index contributed by atoms with van der Waals surface area (Å²) in [7, 11) is -0.700. The molecule has 1 fully saturated rings. The number of ether oxygens (including phenoxy) is 2. The van der Waals surface area contributed by atoms with Crippen LogP contribution in [0.3, 0.4) is 0 Å². The number of imidazole rings is 1. The normalized spacial score (nSPS) is 15.0. The van der Waals surface area contributed by atoms with Gasteiger partial charge in [-0.1, -0.05) is 0 Å². The lowest BCUT2D eigenvalue weighted by molar-refractivity contribution is 0.179. The molecule has 0 radical (unpaired) electrons. The number of nitrogens with zero attached hydrogens (tertiary/aromatic N) is 4. The second-order valence-corrected chi connectivity index (χ2v) is 9.18. The number of sulfonamides is 1. The number of pyridine rings is 1. The molecule has 0 unspecified atom stereocenters. The van der Waals surface area contributed by atoms with Crippen LogP contribution < -0.4 is 9.47 Å². The molecular weight excluding hydrogens is 404 g/mol. The van der Waals surface area contributed by atoms with Crippen molar-refractivity contribution in [3.63, 3.8) is 0 Å². The van der Waals surface area contributed by atoms with E-state index in [-0.39, 0.29) is 10.8 Å². The van der Waals surface area contributed by atoms with Gasteiger partial charge in [0.1, 0.15) is 22.2 Å². The fraction of sp³-hybridized carbons (Fsp3) is 0.333. The van der Waals surface area contributed by atoms with E-state index in [4.69, 9.17) is 9.47 Å². The first-order valence-corrected chi connectivity index (χ1v) is 11.0. The fourth-order valence-electron chi connectivity index (χ4n) is 3.64. The molecule has 9 heteroatoms. The summed E-state index contributed by atoms with van der Waals surface area (Å²) in [5.41, 5.74) is 2.03. The molecule has 1 aromatic carbocycles. The third kappa shape index (κ3) is 3.66. The first-order chi connectivity index (χ1) is 14.4. The lowest BCUT2D eigenvalue weighted by Gasteiger charge is -2.38. The van der Waals surface area contributed by atoms with Crippen LogP contribution in [0.15, 0.2) is 53.8 Å². The molecule has 0 aliphatic carbocycles. The van der Waals surface area contributed by atoms with Crippen molar-refractivity contribution in [2.45, 2.75) is 18.4 Å². The zero-order valence-electron chi connectivity index (χ0n) is 17.1. The van der Waals surface area contributed by atoms with Gasteiger partial charge in [0.25, 0.3) is 0 Å². The minimum atomic E-state index is -3.67. The Hall–Kier alpha value is -2.91. The van der Waals surface area contributed by atoms with E-state index >= 15 is 0 Å². The highest BCUT2D eigenvalue weighted by Crippen LogP contribution is 2.34. The zero-order valence-corrected chi connectivity index (χ0v) is 18.0. The molecule has 2 aromatic heterocycles. The predicted octanol–water partition coefficient (Wildman–Crippen LogP) is 2.59. The Bertz CT molecular complexity index is 1140. The van der Waals surface area contributed by atoms with Gasteiger partial charge in [0.05, 0.1) is 14.2 Å². The van der Waals surface area contributed by atoms with Crippen molar-refractivity contribution in [3.8, 4) is 22.9 Å². The van der Waals surface area contributed by atoms with Crippen molar-refractivity contribution in [1.82, 2.24) is 18.8 Å². The molecule has 0 saturated carbocycles. The maximum atomic E-state index is 13.1. The van der Waals surface area contributed by atoms with Crippen molar-refractivity contribution < 1.29 is 17.9 Å². The Morgan fingerprint density at radius 1 is 1.10 bits per heavy atom. The SMILES string of the molecule is COc1ccc(OC)c(S(=O)(=O)N2CC(Cn3c(C)cnc3-c3ccncc3)C2)c1. The Balaban J connectivity index is 1.51. The van der Waals surface area contributed by atoms with Gasteiger partial charge in [-0.3, -0.25) is 4.98 Å². The van der Waals surface area contributed by atoms with Crippen molar-refractivity contribution in [1.29, 1.82) is 0 Å². The van der Waals surface area contributed by atoms with Crippen LogP contribution in [0.5, 0.6) is 11.5 Å². The lowest BCUT2D eigenvalue weighted by atomic mass is 10.0. The van der Waals surface area contributed by atoms with Crippen LogP contribution in [-0.2, 0) is 16.6 Å². The Labute approximate surface area is 176 Å². The Morgan fingerprint density at radius 2 is 1.83 bits per heavy atom. The third-order valence-electron chi connectivity index (χ3n) is 5.35. The molecule has 0 atom stereocenters. The summed E-state index contributed by atoms with van der Waals surface area (Å²) in [5, 5.41) is 0. The largest absolute Gasteiger partial charge is 0.497 e. The number of aromatic nitrogens is 3. The van der Waals surface area contributed by atoms with Gasteiger partial charge in [-0.05, 0) is 31.2 Å². The topological polar surface area (TPSA) is 86.5 Å². The van der Waals surface area contributed by atoms with Crippen LogP contribution >= 0.6 is 0 Å². The van der Waals surface area contributed by atoms with Gasteiger partial charge in [0, 0.05) is 61.5 Å². The summed E-state index contributed by atoms with van der Waals surface area (Å²) in [4.78, 5) is 8.71. The first-order valence-electron chi connectivity index (χ1n) is 9.58. The van der Waals surface area contributed by atoms with Gasteiger partial charge < -0.3 is 14.0 Å². The van der Waals surface area contributed by atoms with Crippen LogP contribution in [0, 0.1) is 12.8 Å². The first kappa shape index (κ1) is 20.4. The quantitative estimate of drug-likeness (QED) is 0.575. The number of hydrogen-bond donors (Lipinski definition) is 0. The number of rotatable bonds is 7. The molecular formula is C21H24N4O4S. The Kier molecular flexibility index (Phi) is 5.48. The van der Waals surface area contributed by atoms with Crippen molar-refractivity contribution in [3.05, 3.63) is 54.6 Å². The number of methoxy groups -OCH3 is 2. The monoisotopic (exact) mass is 428 g/mol. The highest BCUT2D eigenvalue weighted by molar-refractivity contribution is 7.89. The summed E-state index contributed by atoms with van der Waals surface area (Å²) in [6, 6.07) is 8.64. The molecule has 0 bridgehead atoms. The standard InChI is InChI=1S/C21H24N4O4S/c1-15-11-23-21(17-6-8-22-9-7-17)25(15)14-16-12-24(13-16)30(26,27)20-10-18(28-2)4-5-19(20)29-3/h4-11,16H,12-14H2,1-3H3. The van der Waals surface area contributed by atoms with Crippen molar-refractivity contribution >= 4 is 10.0 Å². The highest BCUT2D eigenvalue weighted by atomic mass is 32.2. The van der Waals surface area contributed by atoms with E-state index in [0.29, 0.717) is 31.1 Å². The molecule has 4 rings (SSSR count). The van der Waals surface area contributed by atoms with Crippen LogP contribution in [0.2, 0.25) is 0 Å². The summed E-state index contributed by atoms with van der Waals surface area (Å²) >= 11 is 0. The van der Waals surface area contributed by atoms with Gasteiger partial charge >= 0.3 is 0 Å². The van der Waals surface area contributed by atoms with E-state index in [0.717, 1.165) is 17.1 Å². The van der Waals surface area contributed by atoms with Crippen molar-refractivity contribution in [2.24, 2.45) is 5.92 Å². The van der Waals surface area contributed by atoms with Gasteiger partial charge in [-0.2, -0.15) is 4.31 Å².